The molecule has 6 heteroatoms. The molecule has 0 aliphatic heterocycles. The van der Waals surface area contributed by atoms with Crippen LogP contribution >= 0.6 is 12.4 Å². The molecule has 1 saturated carbocycles. The molecule has 3 N–H and O–H groups in total. The quantitative estimate of drug-likeness (QED) is 0.854. The first kappa shape index (κ1) is 16.8. The van der Waals surface area contributed by atoms with Crippen molar-refractivity contribution in [2.45, 2.75) is 37.8 Å². The lowest BCUT2D eigenvalue weighted by Gasteiger charge is -2.30. The van der Waals surface area contributed by atoms with Crippen LogP contribution in [0.3, 0.4) is 0 Å². The van der Waals surface area contributed by atoms with Crippen LogP contribution in [0.4, 0.5) is 0 Å². The van der Waals surface area contributed by atoms with E-state index in [1.54, 1.807) is 0 Å². The fourth-order valence-electron chi connectivity index (χ4n) is 3.15. The number of nitrogens with zero attached hydrogens (tertiary/aromatic N) is 1. The molecule has 0 aromatic heterocycles. The van der Waals surface area contributed by atoms with Gasteiger partial charge in [0, 0.05) is 6.04 Å². The van der Waals surface area contributed by atoms with Crippen LogP contribution < -0.4 is 11.1 Å². The maximum absolute atomic E-state index is 12.5. The highest BCUT2D eigenvalue weighted by molar-refractivity contribution is 5.86. The van der Waals surface area contributed by atoms with E-state index in [1.165, 1.54) is 11.1 Å². The summed E-state index contributed by atoms with van der Waals surface area (Å²) in [4.78, 5) is 25.7. The summed E-state index contributed by atoms with van der Waals surface area (Å²) in [6.45, 7) is -0.0336. The molecule has 0 heterocycles. The van der Waals surface area contributed by atoms with Crippen LogP contribution in [0, 0.1) is 0 Å². The van der Waals surface area contributed by atoms with Crippen LogP contribution in [0.25, 0.3) is 0 Å². The van der Waals surface area contributed by atoms with E-state index in [1.807, 2.05) is 17.0 Å². The molecule has 0 bridgehead atoms. The predicted octanol–water partition coefficient (Wildman–Crippen LogP) is 1.16. The van der Waals surface area contributed by atoms with Crippen molar-refractivity contribution in [2.24, 2.45) is 5.73 Å². The van der Waals surface area contributed by atoms with Gasteiger partial charge in [-0.2, -0.15) is 0 Å². The third-order valence-electron chi connectivity index (χ3n) is 4.29. The van der Waals surface area contributed by atoms with Gasteiger partial charge < -0.3 is 16.0 Å². The van der Waals surface area contributed by atoms with Gasteiger partial charge >= 0.3 is 0 Å². The van der Waals surface area contributed by atoms with Gasteiger partial charge in [0.1, 0.15) is 0 Å². The zero-order chi connectivity index (χ0) is 14.8. The van der Waals surface area contributed by atoms with E-state index < -0.39 is 0 Å². The van der Waals surface area contributed by atoms with E-state index in [2.05, 4.69) is 17.4 Å². The molecule has 1 unspecified atom stereocenters. The van der Waals surface area contributed by atoms with Gasteiger partial charge in [-0.15, -0.1) is 12.4 Å². The number of halogens is 1. The summed E-state index contributed by atoms with van der Waals surface area (Å²) in [5.41, 5.74) is 7.86. The van der Waals surface area contributed by atoms with E-state index in [4.69, 9.17) is 5.73 Å². The van der Waals surface area contributed by atoms with Gasteiger partial charge in [-0.05, 0) is 36.8 Å². The Bertz CT molecular complexity index is 560. The molecule has 0 radical (unpaired) electrons. The molecule has 5 nitrogen and oxygen atoms in total. The van der Waals surface area contributed by atoms with Crippen LogP contribution in [0.2, 0.25) is 0 Å². The monoisotopic (exact) mass is 323 g/mol. The minimum Gasteiger partial charge on any atom is -0.346 e. The maximum atomic E-state index is 12.5. The van der Waals surface area contributed by atoms with Crippen molar-refractivity contribution in [3.63, 3.8) is 0 Å². The SMILES string of the molecule is Cl.NCC(=O)NCC(=O)N(C1CC1)C1CCc2ccccc21. The fraction of sp³-hybridized carbons (Fsp3) is 0.500. The Morgan fingerprint density at radius 3 is 2.64 bits per heavy atom. The van der Waals surface area contributed by atoms with Crippen LogP contribution in [0.1, 0.15) is 36.4 Å². The minimum absolute atomic E-state index is 0. The number of fused-ring (bicyclic) bond motifs is 1. The highest BCUT2D eigenvalue weighted by Crippen LogP contribution is 2.41. The third-order valence-corrected chi connectivity index (χ3v) is 4.29. The highest BCUT2D eigenvalue weighted by atomic mass is 35.5. The molecule has 3 rings (SSSR count). The number of rotatable bonds is 5. The third kappa shape index (κ3) is 3.42. The number of carbonyl (C=O) groups excluding carboxylic acids is 2. The van der Waals surface area contributed by atoms with E-state index >= 15 is 0 Å². The zero-order valence-electron chi connectivity index (χ0n) is 12.5. The Labute approximate surface area is 136 Å². The average Bonchev–Trinajstić information content (AvgIpc) is 3.25. The van der Waals surface area contributed by atoms with E-state index in [0.717, 1.165) is 25.7 Å². The highest BCUT2D eigenvalue weighted by Gasteiger charge is 2.40. The molecule has 0 saturated heterocycles. The molecule has 1 atom stereocenters. The van der Waals surface area contributed by atoms with Crippen LogP contribution in [-0.4, -0.2) is 35.8 Å². The molecule has 22 heavy (non-hydrogen) atoms. The van der Waals surface area contributed by atoms with Crippen molar-refractivity contribution in [2.75, 3.05) is 13.1 Å². The van der Waals surface area contributed by atoms with Gasteiger partial charge in [0.25, 0.3) is 0 Å². The topological polar surface area (TPSA) is 75.4 Å². The zero-order valence-corrected chi connectivity index (χ0v) is 13.3. The summed E-state index contributed by atoms with van der Waals surface area (Å²) in [6.07, 6.45) is 4.13. The minimum atomic E-state index is -0.286. The lowest BCUT2D eigenvalue weighted by molar-refractivity contribution is -0.135. The van der Waals surface area contributed by atoms with Crippen molar-refractivity contribution in [3.8, 4) is 0 Å². The number of nitrogens with one attached hydrogen (secondary N) is 1. The number of benzene rings is 1. The van der Waals surface area contributed by atoms with Crippen molar-refractivity contribution in [3.05, 3.63) is 35.4 Å². The molecule has 0 spiro atoms. The summed E-state index contributed by atoms with van der Waals surface area (Å²) in [5, 5.41) is 2.59. The molecule has 120 valence electrons. The summed E-state index contributed by atoms with van der Waals surface area (Å²) < 4.78 is 0. The number of carbonyl (C=O) groups is 2. The Morgan fingerprint density at radius 1 is 1.23 bits per heavy atom. The normalized spacial score (nSPS) is 19.0. The van der Waals surface area contributed by atoms with Gasteiger partial charge in [-0.25, -0.2) is 0 Å². The largest absolute Gasteiger partial charge is 0.346 e. The number of hydrogen-bond acceptors (Lipinski definition) is 3. The molecule has 2 amide bonds. The van der Waals surface area contributed by atoms with Gasteiger partial charge in [-0.3, -0.25) is 9.59 Å². The molecule has 2 aliphatic rings. The van der Waals surface area contributed by atoms with Crippen molar-refractivity contribution in [1.82, 2.24) is 10.2 Å². The molecule has 1 aromatic rings. The number of nitrogens with two attached hydrogens (primary N) is 1. The Hall–Kier alpha value is -1.59. The number of hydrogen-bond donors (Lipinski definition) is 2. The van der Waals surface area contributed by atoms with Gasteiger partial charge in [0.05, 0.1) is 19.1 Å². The van der Waals surface area contributed by atoms with Crippen molar-refractivity contribution < 1.29 is 9.59 Å². The lowest BCUT2D eigenvalue weighted by Crippen LogP contribution is -2.44. The smallest absolute Gasteiger partial charge is 0.242 e. The number of amides is 2. The second kappa shape index (κ2) is 7.11. The maximum Gasteiger partial charge on any atom is 0.242 e. The second-order valence-electron chi connectivity index (χ2n) is 5.77. The summed E-state index contributed by atoms with van der Waals surface area (Å²) in [6, 6.07) is 8.84. The van der Waals surface area contributed by atoms with Crippen LogP contribution in [-0.2, 0) is 16.0 Å². The predicted molar refractivity (Wildman–Crippen MR) is 86.7 cm³/mol. The first-order valence-corrected chi connectivity index (χ1v) is 7.56. The van der Waals surface area contributed by atoms with Crippen molar-refractivity contribution >= 4 is 24.2 Å². The summed E-state index contributed by atoms with van der Waals surface area (Å²) in [7, 11) is 0. The van der Waals surface area contributed by atoms with Crippen LogP contribution in [0.15, 0.2) is 24.3 Å². The first-order valence-electron chi connectivity index (χ1n) is 7.56. The number of aryl methyl sites for hydroxylation is 1. The summed E-state index contributed by atoms with van der Waals surface area (Å²) >= 11 is 0. The van der Waals surface area contributed by atoms with Crippen molar-refractivity contribution in [1.29, 1.82) is 0 Å². The van der Waals surface area contributed by atoms with E-state index in [-0.39, 0.29) is 43.4 Å². The van der Waals surface area contributed by atoms with Crippen LogP contribution in [0.5, 0.6) is 0 Å². The lowest BCUT2D eigenvalue weighted by atomic mass is 10.1. The van der Waals surface area contributed by atoms with E-state index in [0.29, 0.717) is 6.04 Å². The molecule has 1 fully saturated rings. The Balaban J connectivity index is 0.00000176. The van der Waals surface area contributed by atoms with Gasteiger partial charge in [0.2, 0.25) is 11.8 Å². The standard InChI is InChI=1S/C16H21N3O2.ClH/c17-9-15(20)18-10-16(21)19(12-6-7-12)14-8-5-11-3-1-2-4-13(11)14;/h1-4,12,14H,5-10,17H2,(H,18,20);1H. The van der Waals surface area contributed by atoms with Gasteiger partial charge in [-0.1, -0.05) is 24.3 Å². The average molecular weight is 324 g/mol. The molecule has 1 aromatic carbocycles. The Kier molecular flexibility index (Phi) is 5.42. The van der Waals surface area contributed by atoms with Gasteiger partial charge in [0.15, 0.2) is 0 Å². The molecular weight excluding hydrogens is 302 g/mol. The molecular formula is C16H22ClN3O2. The fourth-order valence-corrected chi connectivity index (χ4v) is 3.15. The molecule has 2 aliphatic carbocycles. The summed E-state index contributed by atoms with van der Waals surface area (Å²) in [5.74, 6) is -0.285. The first-order chi connectivity index (χ1) is 10.2. The van der Waals surface area contributed by atoms with E-state index in [9.17, 15) is 9.59 Å². The second-order valence-corrected chi connectivity index (χ2v) is 5.77. The Morgan fingerprint density at radius 2 is 1.95 bits per heavy atom.